The molecule has 3 unspecified atom stereocenters. The van der Waals surface area contributed by atoms with Crippen LogP contribution in [0.1, 0.15) is 19.8 Å². The van der Waals surface area contributed by atoms with Gasteiger partial charge in [-0.05, 0) is 32.7 Å². The van der Waals surface area contributed by atoms with E-state index in [0.717, 1.165) is 39.4 Å². The third kappa shape index (κ3) is 3.19. The van der Waals surface area contributed by atoms with Crippen LogP contribution < -0.4 is 5.73 Å². The van der Waals surface area contributed by atoms with Crippen molar-refractivity contribution < 1.29 is 4.74 Å². The Morgan fingerprint density at radius 1 is 1.41 bits per heavy atom. The molecule has 4 heteroatoms. The van der Waals surface area contributed by atoms with Crippen LogP contribution in [0.5, 0.6) is 0 Å². The molecule has 2 saturated heterocycles. The Labute approximate surface area is 105 Å². The van der Waals surface area contributed by atoms with Crippen LogP contribution in [-0.2, 0) is 4.74 Å². The molecule has 0 bridgehead atoms. The Hall–Kier alpha value is -0.160. The van der Waals surface area contributed by atoms with Crippen LogP contribution >= 0.6 is 0 Å². The Bertz CT molecular complexity index is 231. The van der Waals surface area contributed by atoms with Crippen molar-refractivity contribution in [3.05, 3.63) is 0 Å². The Morgan fingerprint density at radius 3 is 2.82 bits per heavy atom. The van der Waals surface area contributed by atoms with Gasteiger partial charge in [0.25, 0.3) is 0 Å². The molecule has 0 amide bonds. The van der Waals surface area contributed by atoms with Gasteiger partial charge in [0.05, 0.1) is 6.61 Å². The number of nitrogens with zero attached hydrogens (tertiary/aromatic N) is 2. The van der Waals surface area contributed by atoms with E-state index in [-0.39, 0.29) is 0 Å². The first-order valence-corrected chi connectivity index (χ1v) is 6.94. The number of ether oxygens (including phenoxy) is 1. The fourth-order valence-electron chi connectivity index (χ4n) is 3.09. The van der Waals surface area contributed by atoms with Crippen LogP contribution in [0, 0.1) is 5.92 Å². The van der Waals surface area contributed by atoms with Gasteiger partial charge < -0.3 is 15.4 Å². The molecule has 4 nitrogen and oxygen atoms in total. The van der Waals surface area contributed by atoms with Crippen molar-refractivity contribution in [2.75, 3.05) is 46.4 Å². The van der Waals surface area contributed by atoms with E-state index in [1.54, 1.807) is 0 Å². The van der Waals surface area contributed by atoms with Gasteiger partial charge in [-0.3, -0.25) is 4.90 Å². The molecule has 0 aliphatic carbocycles. The van der Waals surface area contributed by atoms with Gasteiger partial charge in [-0.25, -0.2) is 0 Å². The lowest BCUT2D eigenvalue weighted by Gasteiger charge is -2.44. The second-order valence-corrected chi connectivity index (χ2v) is 5.60. The minimum absolute atomic E-state index is 0.520. The first kappa shape index (κ1) is 13.3. The van der Waals surface area contributed by atoms with Crippen LogP contribution in [0.3, 0.4) is 0 Å². The Kier molecular flexibility index (Phi) is 4.79. The lowest BCUT2D eigenvalue weighted by atomic mass is 9.91. The molecule has 2 fully saturated rings. The number of likely N-dealkylation sites (N-methyl/N-ethyl adjacent to an activating group) is 1. The first-order chi connectivity index (χ1) is 8.22. The number of hydrogen-bond donors (Lipinski definition) is 1. The molecule has 0 aromatic carbocycles. The SMILES string of the molecule is CC1CN(C(CN)C2CCCOC2)CCN1C. The summed E-state index contributed by atoms with van der Waals surface area (Å²) in [6.07, 6.45) is 2.48. The van der Waals surface area contributed by atoms with Crippen molar-refractivity contribution >= 4 is 0 Å². The molecular weight excluding hydrogens is 214 g/mol. The Morgan fingerprint density at radius 2 is 2.24 bits per heavy atom. The van der Waals surface area contributed by atoms with Gasteiger partial charge in [0.2, 0.25) is 0 Å². The number of piperazine rings is 1. The molecule has 2 heterocycles. The highest BCUT2D eigenvalue weighted by Crippen LogP contribution is 2.23. The molecule has 2 aliphatic rings. The summed E-state index contributed by atoms with van der Waals surface area (Å²) in [6.45, 7) is 8.37. The standard InChI is InChI=1S/C13H27N3O/c1-11-9-16(6-5-15(11)2)13(8-14)12-4-3-7-17-10-12/h11-13H,3-10,14H2,1-2H3. The van der Waals surface area contributed by atoms with Gasteiger partial charge >= 0.3 is 0 Å². The summed E-state index contributed by atoms with van der Waals surface area (Å²) in [5, 5.41) is 0. The van der Waals surface area contributed by atoms with Crippen LogP contribution in [0.15, 0.2) is 0 Å². The van der Waals surface area contributed by atoms with Crippen molar-refractivity contribution in [3.8, 4) is 0 Å². The average molecular weight is 241 g/mol. The highest BCUT2D eigenvalue weighted by molar-refractivity contribution is 4.87. The van der Waals surface area contributed by atoms with Crippen molar-refractivity contribution in [2.45, 2.75) is 31.8 Å². The van der Waals surface area contributed by atoms with Gasteiger partial charge in [-0.15, -0.1) is 0 Å². The largest absolute Gasteiger partial charge is 0.381 e. The lowest BCUT2D eigenvalue weighted by molar-refractivity contribution is -0.00932. The maximum absolute atomic E-state index is 6.00. The van der Waals surface area contributed by atoms with E-state index in [9.17, 15) is 0 Å². The molecule has 2 rings (SSSR count). The minimum Gasteiger partial charge on any atom is -0.381 e. The maximum Gasteiger partial charge on any atom is 0.0509 e. The zero-order chi connectivity index (χ0) is 12.3. The molecule has 0 radical (unpaired) electrons. The topological polar surface area (TPSA) is 41.7 Å². The zero-order valence-corrected chi connectivity index (χ0v) is 11.3. The highest BCUT2D eigenvalue weighted by atomic mass is 16.5. The predicted molar refractivity (Wildman–Crippen MR) is 70.1 cm³/mol. The quantitative estimate of drug-likeness (QED) is 0.775. The first-order valence-electron chi connectivity index (χ1n) is 6.94. The van der Waals surface area contributed by atoms with E-state index in [1.165, 1.54) is 12.8 Å². The van der Waals surface area contributed by atoms with Gasteiger partial charge in [-0.2, -0.15) is 0 Å². The molecule has 3 atom stereocenters. The van der Waals surface area contributed by atoms with Gasteiger partial charge in [0, 0.05) is 44.9 Å². The van der Waals surface area contributed by atoms with Crippen molar-refractivity contribution in [1.29, 1.82) is 0 Å². The summed E-state index contributed by atoms with van der Waals surface area (Å²) >= 11 is 0. The molecule has 2 aliphatic heterocycles. The van der Waals surface area contributed by atoms with Crippen LogP contribution in [0.25, 0.3) is 0 Å². The summed E-state index contributed by atoms with van der Waals surface area (Å²) in [6, 6.07) is 1.16. The minimum atomic E-state index is 0.520. The lowest BCUT2D eigenvalue weighted by Crippen LogP contribution is -2.57. The fraction of sp³-hybridized carbons (Fsp3) is 1.00. The van der Waals surface area contributed by atoms with E-state index >= 15 is 0 Å². The molecule has 0 aromatic rings. The van der Waals surface area contributed by atoms with Gasteiger partial charge in [-0.1, -0.05) is 0 Å². The second kappa shape index (κ2) is 6.14. The number of rotatable bonds is 3. The summed E-state index contributed by atoms with van der Waals surface area (Å²) in [7, 11) is 2.21. The molecule has 0 saturated carbocycles. The number of nitrogens with two attached hydrogens (primary N) is 1. The monoisotopic (exact) mass is 241 g/mol. The summed E-state index contributed by atoms with van der Waals surface area (Å²) in [4.78, 5) is 5.02. The summed E-state index contributed by atoms with van der Waals surface area (Å²) in [5.74, 6) is 0.643. The molecule has 2 N–H and O–H groups in total. The Balaban J connectivity index is 1.93. The van der Waals surface area contributed by atoms with Crippen LogP contribution in [0.4, 0.5) is 0 Å². The van der Waals surface area contributed by atoms with Gasteiger partial charge in [0.15, 0.2) is 0 Å². The van der Waals surface area contributed by atoms with E-state index < -0.39 is 0 Å². The van der Waals surface area contributed by atoms with E-state index in [2.05, 4.69) is 23.8 Å². The smallest absolute Gasteiger partial charge is 0.0509 e. The highest BCUT2D eigenvalue weighted by Gasteiger charge is 2.31. The average Bonchev–Trinajstić information content (AvgIpc) is 2.36. The molecule has 0 spiro atoms. The van der Waals surface area contributed by atoms with Gasteiger partial charge in [0.1, 0.15) is 0 Å². The molecule has 0 aromatic heterocycles. The van der Waals surface area contributed by atoms with E-state index in [0.29, 0.717) is 18.0 Å². The van der Waals surface area contributed by atoms with Crippen molar-refractivity contribution in [3.63, 3.8) is 0 Å². The van der Waals surface area contributed by atoms with Crippen LogP contribution in [-0.4, -0.2) is 68.3 Å². The molecular formula is C13H27N3O. The fourth-order valence-corrected chi connectivity index (χ4v) is 3.09. The van der Waals surface area contributed by atoms with Crippen molar-refractivity contribution in [2.24, 2.45) is 11.7 Å². The number of hydrogen-bond acceptors (Lipinski definition) is 4. The normalized spacial score (nSPS) is 34.8. The summed E-state index contributed by atoms with van der Waals surface area (Å²) in [5.41, 5.74) is 6.00. The summed E-state index contributed by atoms with van der Waals surface area (Å²) < 4.78 is 5.61. The maximum atomic E-state index is 6.00. The zero-order valence-electron chi connectivity index (χ0n) is 11.3. The molecule has 17 heavy (non-hydrogen) atoms. The second-order valence-electron chi connectivity index (χ2n) is 5.60. The van der Waals surface area contributed by atoms with E-state index in [1.807, 2.05) is 0 Å². The molecule has 100 valence electrons. The van der Waals surface area contributed by atoms with Crippen LogP contribution in [0.2, 0.25) is 0 Å². The van der Waals surface area contributed by atoms with Crippen molar-refractivity contribution in [1.82, 2.24) is 9.80 Å². The third-order valence-corrected chi connectivity index (χ3v) is 4.44. The third-order valence-electron chi connectivity index (χ3n) is 4.44. The predicted octanol–water partition coefficient (Wildman–Crippen LogP) is 0.376. The van der Waals surface area contributed by atoms with E-state index in [4.69, 9.17) is 10.5 Å².